The average molecular weight is 450 g/mol. The second-order valence-electron chi connectivity index (χ2n) is 8.11. The summed E-state index contributed by atoms with van der Waals surface area (Å²) in [5, 5.41) is 3.25. The maximum Gasteiger partial charge on any atom is 0.242 e. The molecule has 9 heteroatoms. The maximum absolute atomic E-state index is 14.1. The number of allylic oxidation sites excluding steroid dienone is 4. The van der Waals surface area contributed by atoms with E-state index in [1.807, 2.05) is 15.4 Å². The van der Waals surface area contributed by atoms with Gasteiger partial charge < -0.3 is 15.1 Å². The van der Waals surface area contributed by atoms with E-state index in [0.29, 0.717) is 49.8 Å². The standard InChI is InChI=1S/C24H24F2N6O/c25-18-7-5-17(6-8-18)23-24(32-10-9-27-15-21(32)29-23)28-16-22(33)31-13-11-30(12-14-31)20-4-2-1-3-19(20)26/h1-5,7-10,15,17,28H,6,11-14,16H2. The van der Waals surface area contributed by atoms with Gasteiger partial charge in [0, 0.05) is 44.5 Å². The highest BCUT2D eigenvalue weighted by atomic mass is 19.1. The van der Waals surface area contributed by atoms with Gasteiger partial charge >= 0.3 is 0 Å². The Kier molecular flexibility index (Phi) is 5.77. The minimum atomic E-state index is -0.254. The zero-order chi connectivity index (χ0) is 22.8. The first-order chi connectivity index (χ1) is 16.1. The summed E-state index contributed by atoms with van der Waals surface area (Å²) in [5.41, 5.74) is 1.97. The van der Waals surface area contributed by atoms with Gasteiger partial charge in [0.15, 0.2) is 5.65 Å². The van der Waals surface area contributed by atoms with Crippen LogP contribution < -0.4 is 10.2 Å². The zero-order valence-corrected chi connectivity index (χ0v) is 18.0. The smallest absolute Gasteiger partial charge is 0.242 e. The van der Waals surface area contributed by atoms with Crippen molar-refractivity contribution in [2.45, 2.75) is 12.3 Å². The lowest BCUT2D eigenvalue weighted by molar-refractivity contribution is -0.129. The van der Waals surface area contributed by atoms with Gasteiger partial charge in [0.1, 0.15) is 17.5 Å². The van der Waals surface area contributed by atoms with Crippen molar-refractivity contribution in [3.05, 3.63) is 78.4 Å². The Balaban J connectivity index is 1.26. The van der Waals surface area contributed by atoms with Crippen molar-refractivity contribution in [1.29, 1.82) is 0 Å². The fraction of sp³-hybridized carbons (Fsp3) is 0.292. The first kappa shape index (κ1) is 21.1. The maximum atomic E-state index is 14.1. The SMILES string of the molecule is O=C(CNc1c(C2C=CC(F)=CC2)nc2cnccn12)N1CCN(c2ccccc2F)CC1. The lowest BCUT2D eigenvalue weighted by Crippen LogP contribution is -2.50. The van der Waals surface area contributed by atoms with Gasteiger partial charge in [-0.2, -0.15) is 0 Å². The van der Waals surface area contributed by atoms with Gasteiger partial charge in [-0.05, 0) is 30.7 Å². The average Bonchev–Trinajstić information content (AvgIpc) is 3.22. The molecule has 0 radical (unpaired) electrons. The van der Waals surface area contributed by atoms with Crippen molar-refractivity contribution >= 4 is 23.1 Å². The van der Waals surface area contributed by atoms with Crippen LogP contribution >= 0.6 is 0 Å². The lowest BCUT2D eigenvalue weighted by Gasteiger charge is -2.36. The number of fused-ring (bicyclic) bond motifs is 1. The molecule has 1 aliphatic heterocycles. The van der Waals surface area contributed by atoms with E-state index in [1.165, 1.54) is 18.2 Å². The molecule has 2 aromatic heterocycles. The number of aromatic nitrogens is 3. The number of imidazole rings is 1. The van der Waals surface area contributed by atoms with Crippen molar-refractivity contribution in [1.82, 2.24) is 19.3 Å². The van der Waals surface area contributed by atoms with Crippen LogP contribution in [-0.2, 0) is 4.79 Å². The van der Waals surface area contributed by atoms with Crippen LogP contribution in [0.4, 0.5) is 20.3 Å². The third kappa shape index (κ3) is 4.30. The summed E-state index contributed by atoms with van der Waals surface area (Å²) in [5.74, 6) is 0.0710. The highest BCUT2D eigenvalue weighted by Gasteiger charge is 2.25. The van der Waals surface area contributed by atoms with Crippen molar-refractivity contribution < 1.29 is 13.6 Å². The monoisotopic (exact) mass is 450 g/mol. The Morgan fingerprint density at radius 2 is 1.97 bits per heavy atom. The lowest BCUT2D eigenvalue weighted by atomic mass is 9.97. The van der Waals surface area contributed by atoms with Gasteiger partial charge in [0.05, 0.1) is 24.1 Å². The molecule has 170 valence electrons. The molecule has 1 aliphatic carbocycles. The van der Waals surface area contributed by atoms with Crippen LogP contribution in [0.5, 0.6) is 0 Å². The summed E-state index contributed by atoms with van der Waals surface area (Å²) < 4.78 is 29.4. The molecule has 1 amide bonds. The molecule has 2 aliphatic rings. The number of para-hydroxylation sites is 1. The van der Waals surface area contributed by atoms with E-state index >= 15 is 0 Å². The quantitative estimate of drug-likeness (QED) is 0.644. The summed E-state index contributed by atoms with van der Waals surface area (Å²) in [7, 11) is 0. The zero-order valence-electron chi connectivity index (χ0n) is 18.0. The Bertz CT molecular complexity index is 1230. The summed E-state index contributed by atoms with van der Waals surface area (Å²) >= 11 is 0. The first-order valence-electron chi connectivity index (χ1n) is 11.0. The minimum absolute atomic E-state index is 0.0386. The van der Waals surface area contributed by atoms with Crippen LogP contribution in [0.15, 0.2) is 66.9 Å². The molecule has 1 saturated heterocycles. The Morgan fingerprint density at radius 3 is 2.73 bits per heavy atom. The number of carbonyl (C=O) groups excluding carboxylic acids is 1. The number of piperazine rings is 1. The van der Waals surface area contributed by atoms with Gasteiger partial charge in [-0.15, -0.1) is 0 Å². The number of carbonyl (C=O) groups is 1. The van der Waals surface area contributed by atoms with E-state index in [0.717, 1.165) is 5.69 Å². The molecule has 3 aromatic rings. The van der Waals surface area contributed by atoms with Crippen LogP contribution in [0.25, 0.3) is 5.65 Å². The van der Waals surface area contributed by atoms with Crippen molar-refractivity contribution in [3.63, 3.8) is 0 Å². The number of rotatable bonds is 5. The molecule has 5 rings (SSSR count). The van der Waals surface area contributed by atoms with E-state index < -0.39 is 0 Å². The van der Waals surface area contributed by atoms with E-state index in [2.05, 4.69) is 15.3 Å². The predicted octanol–water partition coefficient (Wildman–Crippen LogP) is 3.53. The van der Waals surface area contributed by atoms with Gasteiger partial charge in [-0.3, -0.25) is 14.2 Å². The summed E-state index contributed by atoms with van der Waals surface area (Å²) in [6.07, 6.45) is 10.4. The van der Waals surface area contributed by atoms with Crippen LogP contribution in [0.2, 0.25) is 0 Å². The number of benzene rings is 1. The van der Waals surface area contributed by atoms with Crippen molar-refractivity contribution in [3.8, 4) is 0 Å². The van der Waals surface area contributed by atoms with E-state index in [1.54, 1.807) is 41.7 Å². The molecule has 3 heterocycles. The Labute approximate surface area is 190 Å². The summed E-state index contributed by atoms with van der Waals surface area (Å²) in [4.78, 5) is 25.5. The molecule has 1 atom stereocenters. The number of hydrogen-bond donors (Lipinski definition) is 1. The largest absolute Gasteiger partial charge is 0.366 e. The highest BCUT2D eigenvalue weighted by molar-refractivity contribution is 5.81. The molecule has 7 nitrogen and oxygen atoms in total. The molecular weight excluding hydrogens is 426 g/mol. The molecule has 0 bridgehead atoms. The molecule has 1 N–H and O–H groups in total. The molecule has 1 unspecified atom stereocenters. The van der Waals surface area contributed by atoms with Crippen LogP contribution in [-0.4, -0.2) is 57.9 Å². The second kappa shape index (κ2) is 9.01. The number of anilines is 2. The van der Waals surface area contributed by atoms with Gasteiger partial charge in [0.25, 0.3) is 0 Å². The van der Waals surface area contributed by atoms with Gasteiger partial charge in [-0.25, -0.2) is 13.8 Å². The fourth-order valence-electron chi connectivity index (χ4n) is 4.33. The number of amides is 1. The van der Waals surface area contributed by atoms with Crippen LogP contribution in [0.3, 0.4) is 0 Å². The number of halogens is 2. The number of nitrogens with one attached hydrogen (secondary N) is 1. The molecule has 0 spiro atoms. The third-order valence-electron chi connectivity index (χ3n) is 6.10. The van der Waals surface area contributed by atoms with Crippen LogP contribution in [0.1, 0.15) is 18.0 Å². The Morgan fingerprint density at radius 1 is 1.15 bits per heavy atom. The highest BCUT2D eigenvalue weighted by Crippen LogP contribution is 2.32. The van der Waals surface area contributed by atoms with Crippen molar-refractivity contribution in [2.24, 2.45) is 0 Å². The van der Waals surface area contributed by atoms with E-state index in [4.69, 9.17) is 0 Å². The third-order valence-corrected chi connectivity index (χ3v) is 6.10. The van der Waals surface area contributed by atoms with Crippen LogP contribution in [0, 0.1) is 5.82 Å². The molecule has 33 heavy (non-hydrogen) atoms. The molecule has 0 saturated carbocycles. The normalized spacial score (nSPS) is 18.5. The molecular formula is C24H24F2N6O. The second-order valence-corrected chi connectivity index (χ2v) is 8.11. The summed E-state index contributed by atoms with van der Waals surface area (Å²) in [6, 6.07) is 6.70. The fourth-order valence-corrected chi connectivity index (χ4v) is 4.33. The number of hydrogen-bond acceptors (Lipinski definition) is 5. The predicted molar refractivity (Wildman–Crippen MR) is 122 cm³/mol. The van der Waals surface area contributed by atoms with Crippen molar-refractivity contribution in [2.75, 3.05) is 42.9 Å². The summed E-state index contributed by atoms with van der Waals surface area (Å²) in [6.45, 7) is 2.29. The number of nitrogens with zero attached hydrogens (tertiary/aromatic N) is 5. The molecule has 1 aromatic carbocycles. The topological polar surface area (TPSA) is 65.8 Å². The Hall–Kier alpha value is -3.75. The van der Waals surface area contributed by atoms with E-state index in [-0.39, 0.29) is 30.0 Å². The van der Waals surface area contributed by atoms with Gasteiger partial charge in [0.2, 0.25) is 5.91 Å². The van der Waals surface area contributed by atoms with Gasteiger partial charge in [-0.1, -0.05) is 18.2 Å². The van der Waals surface area contributed by atoms with E-state index in [9.17, 15) is 13.6 Å². The molecule has 1 fully saturated rings. The first-order valence-corrected chi connectivity index (χ1v) is 11.0. The minimum Gasteiger partial charge on any atom is -0.366 e.